The van der Waals surface area contributed by atoms with Gasteiger partial charge in [-0.2, -0.15) is 8.78 Å². The average molecular weight is 883 g/mol. The molecule has 0 heterocycles. The molecular formula is C35H51F5FeN6O11. The SMILES string of the molecule is CC(=O)N(O)CCCCCNC(=O)CCC(=O)N(O)CCCCCNC(=O)CCC(=O)N(O)CCCCCNC(=O)CCC(=O)Oc1c(F)c(F)c(F)c(F)c1F.[Fe]. The van der Waals surface area contributed by atoms with E-state index < -0.39 is 83.2 Å². The minimum absolute atomic E-state index is 0. The van der Waals surface area contributed by atoms with Gasteiger partial charge in [-0.05, 0) is 57.8 Å². The van der Waals surface area contributed by atoms with Crippen molar-refractivity contribution in [1.29, 1.82) is 0 Å². The number of hydrogen-bond donors (Lipinski definition) is 6. The molecule has 23 heteroatoms. The van der Waals surface area contributed by atoms with Crippen molar-refractivity contribution in [1.82, 2.24) is 31.1 Å². The molecule has 58 heavy (non-hydrogen) atoms. The molecule has 0 spiro atoms. The number of hydrogen-bond acceptors (Lipinski definition) is 11. The number of hydroxylamine groups is 6. The second-order valence-corrected chi connectivity index (χ2v) is 12.8. The topological polar surface area (TPSA) is 235 Å². The number of ether oxygens (including phenoxy) is 1. The first-order chi connectivity index (χ1) is 27.0. The van der Waals surface area contributed by atoms with Crippen LogP contribution in [0.15, 0.2) is 0 Å². The third-order valence-electron chi connectivity index (χ3n) is 8.12. The Bertz CT molecular complexity index is 1500. The molecule has 0 fully saturated rings. The molecule has 0 atom stereocenters. The van der Waals surface area contributed by atoms with Crippen LogP contribution in [-0.4, -0.2) is 111 Å². The fraction of sp³-hybridized carbons (Fsp3) is 0.629. The second-order valence-electron chi connectivity index (χ2n) is 12.8. The van der Waals surface area contributed by atoms with Gasteiger partial charge in [-0.15, -0.1) is 0 Å². The van der Waals surface area contributed by atoms with Gasteiger partial charge in [0.1, 0.15) is 0 Å². The molecule has 1 aromatic carbocycles. The summed E-state index contributed by atoms with van der Waals surface area (Å²) < 4.78 is 71.0. The van der Waals surface area contributed by atoms with E-state index in [0.717, 1.165) is 0 Å². The van der Waals surface area contributed by atoms with Crippen LogP contribution >= 0.6 is 0 Å². The summed E-state index contributed by atoms with van der Waals surface area (Å²) in [5.41, 5.74) is 0. The summed E-state index contributed by atoms with van der Waals surface area (Å²) >= 11 is 0. The van der Waals surface area contributed by atoms with Gasteiger partial charge < -0.3 is 20.7 Å². The quantitative estimate of drug-likeness (QED) is 0.00824. The standard InChI is InChI=1S/C35H51F5N6O11.Fe/c1-23(47)44(54)20-8-2-5-17-41-24(48)11-14-27(51)45(55)21-9-3-6-18-42-25(49)12-15-28(52)46(56)22-10-4-7-19-43-26(50)13-16-29(53)57-35-33(39)31(37)30(36)32(38)34(35)40;/h54-56H,2-22H2,1H3,(H,41,48)(H,42,49)(H,43,50);. The second kappa shape index (κ2) is 29.7. The van der Waals surface area contributed by atoms with E-state index in [-0.39, 0.29) is 81.4 Å². The summed E-state index contributed by atoms with van der Waals surface area (Å²) in [7, 11) is 0. The number of esters is 1. The van der Waals surface area contributed by atoms with Crippen molar-refractivity contribution in [2.45, 2.75) is 103 Å². The van der Waals surface area contributed by atoms with Crippen LogP contribution in [0.5, 0.6) is 5.75 Å². The van der Waals surface area contributed by atoms with Gasteiger partial charge in [-0.3, -0.25) is 49.2 Å². The first-order valence-electron chi connectivity index (χ1n) is 18.4. The molecule has 0 unspecified atom stereocenters. The van der Waals surface area contributed by atoms with Crippen LogP contribution in [0.1, 0.15) is 103 Å². The maximum absolute atomic E-state index is 13.6. The van der Waals surface area contributed by atoms with Gasteiger partial charge in [0.15, 0.2) is 0 Å². The third-order valence-corrected chi connectivity index (χ3v) is 8.12. The molecule has 0 saturated heterocycles. The molecule has 17 nitrogen and oxygen atoms in total. The van der Waals surface area contributed by atoms with E-state index in [4.69, 9.17) is 0 Å². The number of nitrogens with one attached hydrogen (secondary N) is 3. The van der Waals surface area contributed by atoms with Crippen LogP contribution in [0.2, 0.25) is 0 Å². The monoisotopic (exact) mass is 882 g/mol. The maximum Gasteiger partial charge on any atom is 0.311 e. The van der Waals surface area contributed by atoms with Crippen molar-refractivity contribution in [2.24, 2.45) is 0 Å². The molecule has 0 radical (unpaired) electrons. The Balaban J connectivity index is 0.0000325. The Morgan fingerprint density at radius 1 is 0.483 bits per heavy atom. The molecule has 0 aliphatic heterocycles. The fourth-order valence-electron chi connectivity index (χ4n) is 4.80. The van der Waals surface area contributed by atoms with Crippen LogP contribution in [0.25, 0.3) is 0 Å². The Morgan fingerprint density at radius 3 is 1.17 bits per heavy atom. The summed E-state index contributed by atoms with van der Waals surface area (Å²) in [6.07, 6.45) is 2.66. The van der Waals surface area contributed by atoms with E-state index in [0.29, 0.717) is 79.5 Å². The summed E-state index contributed by atoms with van der Waals surface area (Å²) in [4.78, 5) is 82.7. The zero-order chi connectivity index (χ0) is 42.9. The molecule has 1 rings (SSSR count). The minimum Gasteiger partial charge on any atom is -0.420 e. The van der Waals surface area contributed by atoms with E-state index in [1.54, 1.807) is 0 Å². The number of carbonyl (C=O) groups is 7. The molecule has 0 bridgehead atoms. The molecule has 6 amide bonds. The summed E-state index contributed by atoms with van der Waals surface area (Å²) in [6.45, 7) is 2.22. The minimum atomic E-state index is -2.42. The van der Waals surface area contributed by atoms with Crippen LogP contribution < -0.4 is 20.7 Å². The first kappa shape index (κ1) is 53.6. The number of nitrogens with zero attached hydrogens (tertiary/aromatic N) is 3. The van der Waals surface area contributed by atoms with Crippen molar-refractivity contribution in [3.05, 3.63) is 29.1 Å². The zero-order valence-corrected chi connectivity index (χ0v) is 33.1. The van der Waals surface area contributed by atoms with Gasteiger partial charge in [-0.25, -0.2) is 28.4 Å². The molecule has 0 saturated carbocycles. The van der Waals surface area contributed by atoms with Crippen LogP contribution in [-0.2, 0) is 50.6 Å². The molecule has 1 aromatic rings. The number of halogens is 5. The van der Waals surface area contributed by atoms with Crippen LogP contribution in [0.3, 0.4) is 0 Å². The van der Waals surface area contributed by atoms with Crippen molar-refractivity contribution in [3.8, 4) is 5.75 Å². The molecule has 0 aliphatic carbocycles. The molecule has 0 aliphatic rings. The van der Waals surface area contributed by atoms with Crippen LogP contribution in [0.4, 0.5) is 22.0 Å². The van der Waals surface area contributed by atoms with Gasteiger partial charge in [0.2, 0.25) is 70.3 Å². The predicted molar refractivity (Wildman–Crippen MR) is 186 cm³/mol. The van der Waals surface area contributed by atoms with Crippen molar-refractivity contribution in [2.75, 3.05) is 39.3 Å². The third kappa shape index (κ3) is 21.9. The van der Waals surface area contributed by atoms with Gasteiger partial charge in [-0.1, -0.05) is 0 Å². The van der Waals surface area contributed by atoms with E-state index >= 15 is 0 Å². The first-order valence-corrected chi connectivity index (χ1v) is 18.4. The van der Waals surface area contributed by atoms with Crippen molar-refractivity contribution < 1.29 is 92.9 Å². The van der Waals surface area contributed by atoms with E-state index in [2.05, 4.69) is 20.7 Å². The zero-order valence-electron chi connectivity index (χ0n) is 32.0. The van der Waals surface area contributed by atoms with Gasteiger partial charge in [0, 0.05) is 95.4 Å². The summed E-state index contributed by atoms with van der Waals surface area (Å²) in [6, 6.07) is 0. The molecule has 330 valence electrons. The number of rotatable bonds is 28. The van der Waals surface area contributed by atoms with Gasteiger partial charge in [0.05, 0.1) is 6.42 Å². The number of amides is 6. The molecular weight excluding hydrogens is 831 g/mol. The Hall–Kier alpha value is -4.44. The average Bonchev–Trinajstić information content (AvgIpc) is 3.18. The predicted octanol–water partition coefficient (Wildman–Crippen LogP) is 3.16. The number of carbonyl (C=O) groups excluding carboxylic acids is 7. The normalized spacial score (nSPS) is 10.6. The van der Waals surface area contributed by atoms with Crippen molar-refractivity contribution >= 4 is 41.4 Å². The Morgan fingerprint density at radius 2 is 0.810 bits per heavy atom. The Kier molecular flexibility index (Phi) is 27.4. The van der Waals surface area contributed by atoms with Gasteiger partial charge >= 0.3 is 5.97 Å². The molecule has 0 aromatic heterocycles. The maximum atomic E-state index is 13.6. The number of unbranched alkanes of at least 4 members (excludes halogenated alkanes) is 6. The summed E-state index contributed by atoms with van der Waals surface area (Å²) in [5, 5.41) is 38.5. The van der Waals surface area contributed by atoms with E-state index in [9.17, 15) is 71.1 Å². The fourth-order valence-corrected chi connectivity index (χ4v) is 4.80. The van der Waals surface area contributed by atoms with E-state index in [1.807, 2.05) is 0 Å². The number of benzene rings is 1. The Labute approximate surface area is 342 Å². The largest absolute Gasteiger partial charge is 0.420 e. The molecule has 6 N–H and O–H groups in total. The van der Waals surface area contributed by atoms with Crippen LogP contribution in [0, 0.1) is 29.1 Å². The van der Waals surface area contributed by atoms with E-state index in [1.165, 1.54) is 6.92 Å². The summed E-state index contributed by atoms with van der Waals surface area (Å²) in [5.74, 6) is -18.0. The van der Waals surface area contributed by atoms with Gasteiger partial charge in [0.25, 0.3) is 0 Å². The smallest absolute Gasteiger partial charge is 0.311 e. The van der Waals surface area contributed by atoms with Crippen molar-refractivity contribution in [3.63, 3.8) is 0 Å².